The molecule has 2 fully saturated rings. The van der Waals surface area contributed by atoms with Crippen molar-refractivity contribution in [1.29, 1.82) is 5.26 Å². The minimum Gasteiger partial charge on any atom is -0.511 e. The summed E-state index contributed by atoms with van der Waals surface area (Å²) in [5.41, 5.74) is 6.66. The van der Waals surface area contributed by atoms with E-state index in [1.165, 1.54) is 5.56 Å². The van der Waals surface area contributed by atoms with Crippen LogP contribution in [0.5, 0.6) is 0 Å². The monoisotopic (exact) mass is 413 g/mol. The molecule has 0 saturated carbocycles. The largest absolute Gasteiger partial charge is 0.511 e. The first kappa shape index (κ1) is 20.0. The quantitative estimate of drug-likeness (QED) is 0.763. The molecule has 0 aromatic heterocycles. The van der Waals surface area contributed by atoms with Crippen LogP contribution < -0.4 is 0 Å². The maximum atomic E-state index is 13.6. The Bertz CT molecular complexity index is 1110. The lowest BCUT2D eigenvalue weighted by atomic mass is 9.72. The zero-order valence-corrected chi connectivity index (χ0v) is 18.2. The third-order valence-electron chi connectivity index (χ3n) is 7.40. The predicted octanol–water partition coefficient (Wildman–Crippen LogP) is 5.03. The van der Waals surface area contributed by atoms with E-state index in [2.05, 4.69) is 39.0 Å². The van der Waals surface area contributed by atoms with Crippen LogP contribution in [-0.2, 0) is 22.4 Å². The van der Waals surface area contributed by atoms with Gasteiger partial charge in [0, 0.05) is 5.92 Å². The van der Waals surface area contributed by atoms with E-state index in [-0.39, 0.29) is 41.5 Å². The van der Waals surface area contributed by atoms with Gasteiger partial charge in [0.25, 0.3) is 0 Å². The summed E-state index contributed by atoms with van der Waals surface area (Å²) < 4.78 is 6.24. The van der Waals surface area contributed by atoms with Crippen LogP contribution in [0.25, 0.3) is 5.57 Å². The van der Waals surface area contributed by atoms with Gasteiger partial charge < -0.3 is 9.84 Å². The van der Waals surface area contributed by atoms with Gasteiger partial charge in [-0.15, -0.1) is 0 Å². The van der Waals surface area contributed by atoms with Gasteiger partial charge in [0.05, 0.1) is 41.2 Å². The number of hydrogen-bond acceptors (Lipinski definition) is 4. The lowest BCUT2D eigenvalue weighted by molar-refractivity contribution is -0.118. The maximum Gasteiger partial charge on any atom is 0.173 e. The van der Waals surface area contributed by atoms with E-state index in [0.29, 0.717) is 11.1 Å². The molecule has 5 atom stereocenters. The zero-order valence-electron chi connectivity index (χ0n) is 18.2. The van der Waals surface area contributed by atoms with Crippen LogP contribution in [0.4, 0.5) is 0 Å². The van der Waals surface area contributed by atoms with Gasteiger partial charge >= 0.3 is 0 Å². The fourth-order valence-corrected chi connectivity index (χ4v) is 6.06. The first-order valence-corrected chi connectivity index (χ1v) is 11.2. The van der Waals surface area contributed by atoms with E-state index in [1.54, 1.807) is 0 Å². The average molecular weight is 414 g/mol. The van der Waals surface area contributed by atoms with E-state index in [1.807, 2.05) is 24.3 Å². The number of ketones is 1. The minimum atomic E-state index is -0.287. The molecule has 1 N–H and O–H groups in total. The lowest BCUT2D eigenvalue weighted by Crippen LogP contribution is -2.33. The number of aryl methyl sites for hydroxylation is 3. The molecule has 1 aliphatic carbocycles. The number of Topliss-reactive ketones (excluding diaryl/α,β-unsaturated/α-hetero) is 1. The van der Waals surface area contributed by atoms with Crippen LogP contribution >= 0.6 is 0 Å². The molecule has 3 aliphatic rings. The zero-order chi connectivity index (χ0) is 21.9. The van der Waals surface area contributed by atoms with Gasteiger partial charge in [-0.25, -0.2) is 0 Å². The van der Waals surface area contributed by atoms with Crippen LogP contribution in [-0.4, -0.2) is 23.1 Å². The summed E-state index contributed by atoms with van der Waals surface area (Å²) in [5, 5.41) is 20.5. The number of carbonyl (C=O) groups excluding carboxylic acids is 1. The van der Waals surface area contributed by atoms with E-state index in [0.717, 1.165) is 41.5 Å². The summed E-state index contributed by atoms with van der Waals surface area (Å²) in [4.78, 5) is 13.6. The van der Waals surface area contributed by atoms with Gasteiger partial charge in [-0.3, -0.25) is 4.79 Å². The number of benzene rings is 2. The van der Waals surface area contributed by atoms with E-state index >= 15 is 0 Å². The Balaban J connectivity index is 1.57. The Morgan fingerprint density at radius 1 is 1.10 bits per heavy atom. The van der Waals surface area contributed by atoms with Gasteiger partial charge in [-0.05, 0) is 60.6 Å². The van der Waals surface area contributed by atoms with E-state index < -0.39 is 0 Å². The van der Waals surface area contributed by atoms with Crippen molar-refractivity contribution in [2.75, 3.05) is 0 Å². The van der Waals surface area contributed by atoms with Crippen molar-refractivity contribution in [2.24, 2.45) is 11.8 Å². The smallest absolute Gasteiger partial charge is 0.173 e. The van der Waals surface area contributed by atoms with E-state index in [9.17, 15) is 9.90 Å². The summed E-state index contributed by atoms with van der Waals surface area (Å²) in [6.45, 7) is 6.28. The third kappa shape index (κ3) is 2.87. The van der Waals surface area contributed by atoms with Gasteiger partial charge in [0.15, 0.2) is 5.78 Å². The Hall–Kier alpha value is -2.90. The van der Waals surface area contributed by atoms with Gasteiger partial charge in [-0.2, -0.15) is 5.26 Å². The minimum absolute atomic E-state index is 0.0431. The Morgan fingerprint density at radius 3 is 2.32 bits per heavy atom. The van der Waals surface area contributed by atoms with Gasteiger partial charge in [0.2, 0.25) is 0 Å². The van der Waals surface area contributed by atoms with E-state index in [4.69, 9.17) is 10.00 Å². The first-order valence-electron chi connectivity index (χ1n) is 11.2. The maximum absolute atomic E-state index is 13.6. The molecule has 2 bridgehead atoms. The normalized spacial score (nSPS) is 28.8. The van der Waals surface area contributed by atoms with Gasteiger partial charge in [-0.1, -0.05) is 43.7 Å². The number of aliphatic hydroxyl groups excluding tert-OH is 1. The second kappa shape index (κ2) is 7.35. The molecular weight excluding hydrogens is 386 g/mol. The fourth-order valence-electron chi connectivity index (χ4n) is 6.06. The van der Waals surface area contributed by atoms with Crippen LogP contribution in [0.1, 0.15) is 59.6 Å². The topological polar surface area (TPSA) is 70.3 Å². The van der Waals surface area contributed by atoms with Crippen LogP contribution in [0.3, 0.4) is 0 Å². The molecule has 0 unspecified atom stereocenters. The number of fused-ring (bicyclic) bond motifs is 5. The highest BCUT2D eigenvalue weighted by atomic mass is 16.5. The molecule has 5 rings (SSSR count). The molecule has 2 aromatic carbocycles. The van der Waals surface area contributed by atoms with Gasteiger partial charge in [0.1, 0.15) is 5.76 Å². The van der Waals surface area contributed by atoms with Crippen LogP contribution in [0.2, 0.25) is 0 Å². The molecule has 2 saturated heterocycles. The van der Waals surface area contributed by atoms with Crippen molar-refractivity contribution in [2.45, 2.75) is 58.2 Å². The van der Waals surface area contributed by atoms with Crippen molar-refractivity contribution in [3.8, 4) is 6.07 Å². The van der Waals surface area contributed by atoms with Crippen molar-refractivity contribution in [1.82, 2.24) is 0 Å². The number of rotatable bonds is 4. The molecule has 4 heteroatoms. The first-order chi connectivity index (χ1) is 15.0. The molecule has 0 radical (unpaired) electrons. The fraction of sp³-hybridized carbons (Fsp3) is 0.407. The summed E-state index contributed by atoms with van der Waals surface area (Å²) >= 11 is 0. The standard InChI is InChI=1S/C27H27NO3/c1-4-16-10-14(3)11-17(5-2)21(16)23-25(29)22-20-12-19(27(31-20)24(22)26(23)30)18-8-6-15(13-28)7-9-18/h6-11,19-20,22,24,27,30H,4-5,12H2,1-3H3/t19-,20-,22-,24+,27+/m0/s1. The molecular formula is C27H27NO3. The second-order valence-electron chi connectivity index (χ2n) is 9.06. The molecule has 2 aliphatic heterocycles. The summed E-state index contributed by atoms with van der Waals surface area (Å²) in [5.74, 6) is -0.179. The summed E-state index contributed by atoms with van der Waals surface area (Å²) in [6.07, 6.45) is 2.05. The highest BCUT2D eigenvalue weighted by Gasteiger charge is 2.62. The number of allylic oxidation sites excluding steroid dienone is 1. The lowest BCUT2D eigenvalue weighted by Gasteiger charge is -2.27. The molecule has 0 spiro atoms. The third-order valence-corrected chi connectivity index (χ3v) is 7.40. The SMILES string of the molecule is CCc1cc(C)cc(CC)c1C1=C(O)[C@@H]2[C@@H]3O[C@@H](C[C@H]3c3ccc(C#N)cc3)[C@@H]2C1=O. The average Bonchev–Trinajstić information content (AvgIpc) is 3.45. The summed E-state index contributed by atoms with van der Waals surface area (Å²) in [6, 6.07) is 14.0. The van der Waals surface area contributed by atoms with Crippen molar-refractivity contribution < 1.29 is 14.6 Å². The molecule has 158 valence electrons. The number of nitriles is 1. The molecule has 2 heterocycles. The summed E-state index contributed by atoms with van der Waals surface area (Å²) in [7, 11) is 0. The number of hydrogen-bond donors (Lipinski definition) is 1. The Morgan fingerprint density at radius 2 is 1.74 bits per heavy atom. The van der Waals surface area contributed by atoms with Crippen molar-refractivity contribution >= 4 is 11.4 Å². The molecule has 2 aromatic rings. The molecule has 0 amide bonds. The predicted molar refractivity (Wildman–Crippen MR) is 119 cm³/mol. The number of carbonyl (C=O) groups is 1. The highest BCUT2D eigenvalue weighted by molar-refractivity contribution is 6.26. The van der Waals surface area contributed by atoms with Crippen molar-refractivity contribution in [3.05, 3.63) is 75.5 Å². The highest BCUT2D eigenvalue weighted by Crippen LogP contribution is 2.58. The molecule has 4 nitrogen and oxygen atoms in total. The van der Waals surface area contributed by atoms with Crippen LogP contribution in [0, 0.1) is 30.1 Å². The molecule has 31 heavy (non-hydrogen) atoms. The Labute approximate surface area is 183 Å². The number of ether oxygens (including phenoxy) is 1. The number of aliphatic hydroxyl groups is 1. The Kier molecular flexibility index (Phi) is 4.75. The number of nitrogens with zero attached hydrogens (tertiary/aromatic N) is 1. The van der Waals surface area contributed by atoms with Crippen molar-refractivity contribution in [3.63, 3.8) is 0 Å². The second-order valence-corrected chi connectivity index (χ2v) is 9.06. The van der Waals surface area contributed by atoms with Crippen LogP contribution in [0.15, 0.2) is 42.2 Å².